The van der Waals surface area contributed by atoms with Gasteiger partial charge in [0.25, 0.3) is 0 Å². The van der Waals surface area contributed by atoms with Crippen molar-refractivity contribution < 1.29 is 18.3 Å². The first-order chi connectivity index (χ1) is 8.17. The number of alkyl halides is 3. The van der Waals surface area contributed by atoms with Crippen molar-refractivity contribution >= 4 is 17.7 Å². The first-order valence-electron chi connectivity index (χ1n) is 4.85. The van der Waals surface area contributed by atoms with Crippen molar-refractivity contribution in [3.05, 3.63) is 40.4 Å². The van der Waals surface area contributed by atoms with Crippen LogP contribution < -0.4 is 0 Å². The maximum atomic E-state index is 12.4. The van der Waals surface area contributed by atoms with E-state index >= 15 is 0 Å². The fraction of sp³-hybridized carbons (Fsp3) is 0.250. The predicted octanol–water partition coefficient (Wildman–Crippen LogP) is 3.54. The molecule has 1 aromatic carbocycles. The van der Waals surface area contributed by atoms with Gasteiger partial charge >= 0.3 is 6.18 Å². The summed E-state index contributed by atoms with van der Waals surface area (Å²) in [4.78, 5) is 0. The van der Waals surface area contributed by atoms with Crippen molar-refractivity contribution in [2.75, 3.05) is 0 Å². The van der Waals surface area contributed by atoms with E-state index in [1.54, 1.807) is 0 Å². The van der Waals surface area contributed by atoms with Crippen LogP contribution in [0.5, 0.6) is 0 Å². The van der Waals surface area contributed by atoms with Crippen LogP contribution >= 0.6 is 11.6 Å². The van der Waals surface area contributed by atoms with E-state index in [0.717, 1.165) is 6.08 Å². The number of hydrogen-bond donors (Lipinski definition) is 1. The summed E-state index contributed by atoms with van der Waals surface area (Å²) in [7, 11) is 0. The number of halogens is 4. The molecule has 1 unspecified atom stereocenters. The highest BCUT2D eigenvalue weighted by molar-refractivity contribution is 6.31. The van der Waals surface area contributed by atoms with Crippen LogP contribution in [0.3, 0.4) is 0 Å². The molecule has 0 radical (unpaired) electrons. The molecule has 0 aliphatic carbocycles. The minimum Gasteiger partial charge on any atom is -0.377 e. The fourth-order valence-electron chi connectivity index (χ4n) is 1.08. The molecule has 1 atom stereocenters. The first kappa shape index (κ1) is 14.6. The molecular weight excluding hydrogens is 267 g/mol. The maximum Gasteiger partial charge on any atom is 0.420 e. The quantitative estimate of drug-likeness (QED) is 0.897. The van der Waals surface area contributed by atoms with Crippen molar-refractivity contribution in [3.63, 3.8) is 0 Å². The van der Waals surface area contributed by atoms with Crippen LogP contribution in [-0.4, -0.2) is 16.9 Å². The lowest BCUT2D eigenvalue weighted by molar-refractivity contribution is -0.232. The minimum absolute atomic E-state index is 0.145. The van der Waals surface area contributed by atoms with Gasteiger partial charge < -0.3 is 5.11 Å². The Morgan fingerprint density at radius 1 is 1.39 bits per heavy atom. The summed E-state index contributed by atoms with van der Waals surface area (Å²) in [5.74, 6) is 0. The Kier molecular flexibility index (Phi) is 4.05. The standard InChI is InChI=1S/C12H9ClF3NO/c1-11(18,12(14,15)16)5-4-8-2-3-9(7-17)10(13)6-8/h2-6,18H,1H3/b5-4+. The Labute approximate surface area is 107 Å². The average Bonchev–Trinajstić information content (AvgIpc) is 2.25. The van der Waals surface area contributed by atoms with E-state index in [0.29, 0.717) is 18.6 Å². The molecule has 0 aromatic heterocycles. The molecule has 0 aliphatic rings. The summed E-state index contributed by atoms with van der Waals surface area (Å²) in [5.41, 5.74) is -2.31. The van der Waals surface area contributed by atoms with Gasteiger partial charge in [-0.1, -0.05) is 23.7 Å². The van der Waals surface area contributed by atoms with Crippen LogP contribution in [-0.2, 0) is 0 Å². The van der Waals surface area contributed by atoms with E-state index in [-0.39, 0.29) is 10.6 Å². The van der Waals surface area contributed by atoms with Crippen molar-refractivity contribution in [2.24, 2.45) is 0 Å². The Hall–Kier alpha value is -1.51. The van der Waals surface area contributed by atoms with E-state index in [4.69, 9.17) is 16.9 Å². The molecular formula is C12H9ClF3NO. The Morgan fingerprint density at radius 3 is 2.44 bits per heavy atom. The monoisotopic (exact) mass is 275 g/mol. The van der Waals surface area contributed by atoms with Gasteiger partial charge in [0.2, 0.25) is 0 Å². The van der Waals surface area contributed by atoms with E-state index < -0.39 is 11.8 Å². The molecule has 0 saturated heterocycles. The van der Waals surface area contributed by atoms with Gasteiger partial charge in [-0.2, -0.15) is 18.4 Å². The molecule has 0 heterocycles. The third-order valence-corrected chi connectivity index (χ3v) is 2.60. The highest BCUT2D eigenvalue weighted by atomic mass is 35.5. The van der Waals surface area contributed by atoms with Gasteiger partial charge in [0, 0.05) is 0 Å². The molecule has 0 saturated carbocycles. The molecule has 1 N–H and O–H groups in total. The largest absolute Gasteiger partial charge is 0.420 e. The zero-order valence-electron chi connectivity index (χ0n) is 9.29. The lowest BCUT2D eigenvalue weighted by Gasteiger charge is -2.22. The fourth-order valence-corrected chi connectivity index (χ4v) is 1.31. The number of hydrogen-bond acceptors (Lipinski definition) is 2. The first-order valence-corrected chi connectivity index (χ1v) is 5.23. The Morgan fingerprint density at radius 2 is 2.00 bits per heavy atom. The van der Waals surface area contributed by atoms with Gasteiger partial charge in [-0.25, -0.2) is 0 Å². The third-order valence-electron chi connectivity index (χ3n) is 2.29. The van der Waals surface area contributed by atoms with Crippen LogP contribution in [0.4, 0.5) is 13.2 Å². The normalized spacial score (nSPS) is 15.4. The van der Waals surface area contributed by atoms with Gasteiger partial charge in [-0.05, 0) is 30.7 Å². The second-order valence-electron chi connectivity index (χ2n) is 3.83. The van der Waals surface area contributed by atoms with Gasteiger partial charge in [-0.15, -0.1) is 0 Å². The topological polar surface area (TPSA) is 44.0 Å². The van der Waals surface area contributed by atoms with Crippen molar-refractivity contribution in [3.8, 4) is 6.07 Å². The van der Waals surface area contributed by atoms with Crippen LogP contribution in [0.25, 0.3) is 6.08 Å². The summed E-state index contributed by atoms with van der Waals surface area (Å²) in [6.45, 7) is 0.648. The number of nitrogens with zero attached hydrogens (tertiary/aromatic N) is 1. The molecule has 1 rings (SSSR count). The van der Waals surface area contributed by atoms with Gasteiger partial charge in [0.1, 0.15) is 6.07 Å². The zero-order chi connectivity index (χ0) is 14.0. The second-order valence-corrected chi connectivity index (χ2v) is 4.24. The Balaban J connectivity index is 3.00. The van der Waals surface area contributed by atoms with Crippen LogP contribution in [0, 0.1) is 11.3 Å². The van der Waals surface area contributed by atoms with Crippen LogP contribution in [0.15, 0.2) is 24.3 Å². The summed E-state index contributed by atoms with van der Waals surface area (Å²) in [6, 6.07) is 6.01. The van der Waals surface area contributed by atoms with E-state index in [1.165, 1.54) is 18.2 Å². The summed E-state index contributed by atoms with van der Waals surface area (Å²) >= 11 is 5.73. The van der Waals surface area contributed by atoms with E-state index in [2.05, 4.69) is 0 Å². The molecule has 1 aromatic rings. The molecule has 2 nitrogen and oxygen atoms in total. The van der Waals surface area contributed by atoms with Crippen molar-refractivity contribution in [1.29, 1.82) is 5.26 Å². The van der Waals surface area contributed by atoms with Crippen LogP contribution in [0.2, 0.25) is 5.02 Å². The minimum atomic E-state index is -4.75. The molecule has 0 bridgehead atoms. The second kappa shape index (κ2) is 5.01. The predicted molar refractivity (Wildman–Crippen MR) is 61.9 cm³/mol. The number of benzene rings is 1. The van der Waals surface area contributed by atoms with Crippen molar-refractivity contribution in [2.45, 2.75) is 18.7 Å². The van der Waals surface area contributed by atoms with Crippen LogP contribution in [0.1, 0.15) is 18.1 Å². The SMILES string of the molecule is CC(O)(/C=C/c1ccc(C#N)c(Cl)c1)C(F)(F)F. The van der Waals surface area contributed by atoms with E-state index in [9.17, 15) is 18.3 Å². The maximum absolute atomic E-state index is 12.4. The molecule has 6 heteroatoms. The highest BCUT2D eigenvalue weighted by Crippen LogP contribution is 2.31. The van der Waals surface area contributed by atoms with Gasteiger partial charge in [0.15, 0.2) is 5.60 Å². The molecule has 96 valence electrons. The molecule has 0 aliphatic heterocycles. The molecule has 0 spiro atoms. The molecule has 0 amide bonds. The highest BCUT2D eigenvalue weighted by Gasteiger charge is 2.47. The lowest BCUT2D eigenvalue weighted by atomic mass is 10.0. The zero-order valence-corrected chi connectivity index (χ0v) is 10.0. The van der Waals surface area contributed by atoms with Gasteiger partial charge in [-0.3, -0.25) is 0 Å². The smallest absolute Gasteiger partial charge is 0.377 e. The third kappa shape index (κ3) is 3.25. The van der Waals surface area contributed by atoms with Crippen molar-refractivity contribution in [1.82, 2.24) is 0 Å². The average molecular weight is 276 g/mol. The Bertz CT molecular complexity index is 515. The summed E-state index contributed by atoms with van der Waals surface area (Å²) in [6.07, 6.45) is -3.02. The summed E-state index contributed by atoms with van der Waals surface area (Å²) < 4.78 is 37.1. The van der Waals surface area contributed by atoms with Gasteiger partial charge in [0.05, 0.1) is 10.6 Å². The number of rotatable bonds is 2. The number of nitriles is 1. The number of aliphatic hydroxyl groups is 1. The van der Waals surface area contributed by atoms with E-state index in [1.807, 2.05) is 6.07 Å². The molecule has 18 heavy (non-hydrogen) atoms. The summed E-state index contributed by atoms with van der Waals surface area (Å²) in [5, 5.41) is 18.0. The molecule has 0 fully saturated rings. The lowest BCUT2D eigenvalue weighted by Crippen LogP contribution is -2.39.